The zero-order valence-corrected chi connectivity index (χ0v) is 16.5. The van der Waals surface area contributed by atoms with Gasteiger partial charge in [0, 0.05) is 25.8 Å². The maximum atomic E-state index is 13.6. The van der Waals surface area contributed by atoms with Crippen LogP contribution in [0.15, 0.2) is 42.6 Å². The van der Waals surface area contributed by atoms with Crippen LogP contribution in [0.5, 0.6) is 0 Å². The molecule has 8 heteroatoms. The van der Waals surface area contributed by atoms with E-state index in [0.717, 1.165) is 24.5 Å². The van der Waals surface area contributed by atoms with Crippen molar-refractivity contribution in [2.45, 2.75) is 32.6 Å². The van der Waals surface area contributed by atoms with Gasteiger partial charge in [0.2, 0.25) is 5.91 Å². The van der Waals surface area contributed by atoms with E-state index in [1.807, 2.05) is 26.0 Å². The van der Waals surface area contributed by atoms with E-state index in [-0.39, 0.29) is 36.8 Å². The average Bonchev–Trinajstić information content (AvgIpc) is 2.70. The lowest BCUT2D eigenvalue weighted by Crippen LogP contribution is -2.45. The number of hydrogen-bond acceptors (Lipinski definition) is 5. The molecule has 2 aromatic rings. The molecule has 2 heterocycles. The number of benzene rings is 1. The van der Waals surface area contributed by atoms with Gasteiger partial charge >= 0.3 is 0 Å². The number of pyridine rings is 1. The molecule has 7 nitrogen and oxygen atoms in total. The van der Waals surface area contributed by atoms with Crippen LogP contribution >= 0.6 is 0 Å². The van der Waals surface area contributed by atoms with Crippen molar-refractivity contribution < 1.29 is 18.7 Å². The molecule has 0 aliphatic carbocycles. The number of morpholine rings is 1. The molecule has 3 rings (SSSR count). The van der Waals surface area contributed by atoms with E-state index in [2.05, 4.69) is 20.5 Å². The Balaban J connectivity index is 1.45. The van der Waals surface area contributed by atoms with Crippen molar-refractivity contribution in [1.29, 1.82) is 0 Å². The molecule has 1 aromatic carbocycles. The number of rotatable bonds is 6. The molecular formula is C21H25FN4O3. The van der Waals surface area contributed by atoms with Crippen LogP contribution in [0.4, 0.5) is 10.2 Å². The first-order chi connectivity index (χ1) is 13.9. The molecule has 1 saturated heterocycles. The smallest absolute Gasteiger partial charge is 0.254 e. The number of carbonyl (C=O) groups is 2. The molecule has 0 saturated carbocycles. The largest absolute Gasteiger partial charge is 0.372 e. The number of hydrogen-bond donors (Lipinski definition) is 2. The lowest BCUT2D eigenvalue weighted by molar-refractivity contribution is -0.120. The Morgan fingerprint density at radius 1 is 1.14 bits per heavy atom. The van der Waals surface area contributed by atoms with E-state index in [4.69, 9.17) is 4.74 Å². The highest BCUT2D eigenvalue weighted by molar-refractivity contribution is 5.96. The number of nitrogens with zero attached hydrogens (tertiary/aromatic N) is 2. The highest BCUT2D eigenvalue weighted by Gasteiger charge is 2.23. The fourth-order valence-corrected chi connectivity index (χ4v) is 3.24. The minimum absolute atomic E-state index is 0.0909. The van der Waals surface area contributed by atoms with Gasteiger partial charge in [-0.15, -0.1) is 0 Å². The Labute approximate surface area is 169 Å². The second-order valence-electron chi connectivity index (χ2n) is 7.13. The van der Waals surface area contributed by atoms with Crippen LogP contribution in [-0.2, 0) is 16.1 Å². The lowest BCUT2D eigenvalue weighted by atomic mass is 10.2. The monoisotopic (exact) mass is 400 g/mol. The molecule has 0 spiro atoms. The quantitative estimate of drug-likeness (QED) is 0.774. The zero-order chi connectivity index (χ0) is 20.8. The van der Waals surface area contributed by atoms with Crippen molar-refractivity contribution in [1.82, 2.24) is 15.6 Å². The van der Waals surface area contributed by atoms with Crippen molar-refractivity contribution in [3.63, 3.8) is 0 Å². The van der Waals surface area contributed by atoms with Crippen molar-refractivity contribution in [3.05, 3.63) is 59.5 Å². The van der Waals surface area contributed by atoms with E-state index in [1.165, 1.54) is 18.2 Å². The van der Waals surface area contributed by atoms with Crippen molar-refractivity contribution in [2.24, 2.45) is 0 Å². The third-order valence-corrected chi connectivity index (χ3v) is 4.57. The van der Waals surface area contributed by atoms with Gasteiger partial charge < -0.3 is 20.3 Å². The molecule has 2 unspecified atom stereocenters. The van der Waals surface area contributed by atoms with E-state index < -0.39 is 11.7 Å². The Kier molecular flexibility index (Phi) is 6.77. The molecule has 1 aliphatic heterocycles. The zero-order valence-electron chi connectivity index (χ0n) is 16.5. The van der Waals surface area contributed by atoms with Crippen molar-refractivity contribution in [3.8, 4) is 0 Å². The Bertz CT molecular complexity index is 849. The van der Waals surface area contributed by atoms with Gasteiger partial charge in [0.25, 0.3) is 5.91 Å². The molecule has 1 aromatic heterocycles. The van der Waals surface area contributed by atoms with Crippen molar-refractivity contribution >= 4 is 17.6 Å². The van der Waals surface area contributed by atoms with Gasteiger partial charge in [-0.1, -0.05) is 18.2 Å². The van der Waals surface area contributed by atoms with E-state index >= 15 is 0 Å². The van der Waals surface area contributed by atoms with Gasteiger partial charge in [-0.3, -0.25) is 9.59 Å². The summed E-state index contributed by atoms with van der Waals surface area (Å²) in [5, 5.41) is 5.12. The third-order valence-electron chi connectivity index (χ3n) is 4.57. The summed E-state index contributed by atoms with van der Waals surface area (Å²) in [6.07, 6.45) is 2.02. The molecule has 154 valence electrons. The summed E-state index contributed by atoms with van der Waals surface area (Å²) in [6, 6.07) is 9.46. The van der Waals surface area contributed by atoms with E-state index in [9.17, 15) is 14.0 Å². The Morgan fingerprint density at radius 2 is 1.86 bits per heavy atom. The topological polar surface area (TPSA) is 83.6 Å². The van der Waals surface area contributed by atoms with Crippen LogP contribution in [0.1, 0.15) is 29.8 Å². The van der Waals surface area contributed by atoms with Gasteiger partial charge in [-0.25, -0.2) is 9.37 Å². The van der Waals surface area contributed by atoms with Crippen LogP contribution in [-0.4, -0.2) is 48.6 Å². The van der Waals surface area contributed by atoms with Gasteiger partial charge in [-0.05, 0) is 37.6 Å². The minimum atomic E-state index is -0.627. The number of halogens is 1. The fourth-order valence-electron chi connectivity index (χ4n) is 3.24. The summed E-state index contributed by atoms with van der Waals surface area (Å²) in [6.45, 7) is 5.71. The maximum Gasteiger partial charge on any atom is 0.254 e. The van der Waals surface area contributed by atoms with Crippen LogP contribution in [0, 0.1) is 5.82 Å². The molecule has 29 heavy (non-hydrogen) atoms. The second kappa shape index (κ2) is 9.47. The average molecular weight is 400 g/mol. The van der Waals surface area contributed by atoms with Gasteiger partial charge in [0.15, 0.2) is 0 Å². The van der Waals surface area contributed by atoms with Gasteiger partial charge in [-0.2, -0.15) is 0 Å². The Morgan fingerprint density at radius 3 is 2.52 bits per heavy atom. The van der Waals surface area contributed by atoms with E-state index in [1.54, 1.807) is 12.3 Å². The predicted octanol–water partition coefficient (Wildman–Crippen LogP) is 1.88. The predicted molar refractivity (Wildman–Crippen MR) is 107 cm³/mol. The third kappa shape index (κ3) is 5.74. The number of ether oxygens (including phenoxy) is 1. The van der Waals surface area contributed by atoms with Crippen molar-refractivity contribution in [2.75, 3.05) is 24.5 Å². The number of aromatic nitrogens is 1. The molecule has 1 fully saturated rings. The molecule has 2 amide bonds. The fraction of sp³-hybridized carbons (Fsp3) is 0.381. The summed E-state index contributed by atoms with van der Waals surface area (Å²) in [5.41, 5.74) is 0.753. The Hall–Kier alpha value is -3.00. The van der Waals surface area contributed by atoms with E-state index in [0.29, 0.717) is 0 Å². The summed E-state index contributed by atoms with van der Waals surface area (Å²) in [5.74, 6) is -0.743. The molecule has 2 N–H and O–H groups in total. The first-order valence-electron chi connectivity index (χ1n) is 9.57. The van der Waals surface area contributed by atoms with Crippen LogP contribution < -0.4 is 15.5 Å². The first-order valence-corrected chi connectivity index (χ1v) is 9.57. The maximum absolute atomic E-state index is 13.6. The van der Waals surface area contributed by atoms with Crippen LogP contribution in [0.3, 0.4) is 0 Å². The summed E-state index contributed by atoms with van der Waals surface area (Å²) < 4.78 is 19.3. The minimum Gasteiger partial charge on any atom is -0.372 e. The summed E-state index contributed by atoms with van der Waals surface area (Å²) in [7, 11) is 0. The highest BCUT2D eigenvalue weighted by atomic mass is 19.1. The SMILES string of the molecule is CC1CN(c2ccc(CNC(=O)CNC(=O)c3ccccc3F)cn2)CC(C)O1. The number of anilines is 1. The molecule has 0 radical (unpaired) electrons. The normalized spacial score (nSPS) is 18.9. The highest BCUT2D eigenvalue weighted by Crippen LogP contribution is 2.18. The van der Waals surface area contributed by atoms with Crippen LogP contribution in [0.25, 0.3) is 0 Å². The number of amides is 2. The summed E-state index contributed by atoms with van der Waals surface area (Å²) in [4.78, 5) is 30.5. The molecule has 2 atom stereocenters. The summed E-state index contributed by atoms with van der Waals surface area (Å²) >= 11 is 0. The number of nitrogens with one attached hydrogen (secondary N) is 2. The second-order valence-corrected chi connectivity index (χ2v) is 7.13. The van der Waals surface area contributed by atoms with Gasteiger partial charge in [0.1, 0.15) is 11.6 Å². The molecular weight excluding hydrogens is 375 g/mol. The standard InChI is InChI=1S/C21H25FN4O3/c1-14-12-26(13-15(2)29-14)19-8-7-16(9-23-19)10-24-20(27)11-25-21(28)17-5-3-4-6-18(17)22/h3-9,14-15H,10-13H2,1-2H3,(H,24,27)(H,25,28). The number of carbonyl (C=O) groups excluding carboxylic acids is 2. The van der Waals surface area contributed by atoms with Gasteiger partial charge in [0.05, 0.1) is 24.3 Å². The molecule has 1 aliphatic rings. The molecule has 0 bridgehead atoms. The first kappa shape index (κ1) is 20.7. The van der Waals surface area contributed by atoms with Crippen LogP contribution in [0.2, 0.25) is 0 Å². The lowest BCUT2D eigenvalue weighted by Gasteiger charge is -2.36.